The molecule has 2 rings (SSSR count). The molecule has 0 unspecified atom stereocenters. The van der Waals surface area contributed by atoms with Gasteiger partial charge in [0.05, 0.1) is 16.9 Å². The van der Waals surface area contributed by atoms with Gasteiger partial charge in [-0.1, -0.05) is 11.6 Å². The Morgan fingerprint density at radius 2 is 2.29 bits per heavy atom. The molecule has 1 aromatic rings. The van der Waals surface area contributed by atoms with E-state index in [1.165, 1.54) is 18.5 Å². The van der Waals surface area contributed by atoms with Gasteiger partial charge in [0.15, 0.2) is 0 Å². The molecule has 78 valence electrons. The zero-order valence-electron chi connectivity index (χ0n) is 8.46. The molecule has 1 aromatic heterocycles. The van der Waals surface area contributed by atoms with Gasteiger partial charge in [0.1, 0.15) is 0 Å². The maximum absolute atomic E-state index is 6.07. The predicted molar refractivity (Wildman–Crippen MR) is 57.5 cm³/mol. The lowest BCUT2D eigenvalue weighted by atomic mass is 9.93. The number of aryl methyl sites for hydroxylation is 1. The highest BCUT2D eigenvalue weighted by atomic mass is 35.5. The van der Waals surface area contributed by atoms with Crippen molar-refractivity contribution in [1.82, 2.24) is 15.1 Å². The van der Waals surface area contributed by atoms with E-state index in [9.17, 15) is 0 Å². The first-order valence-electron chi connectivity index (χ1n) is 5.14. The number of hydrogen-bond acceptors (Lipinski definition) is 2. The lowest BCUT2D eigenvalue weighted by Crippen LogP contribution is -2.29. The molecule has 0 aromatic carbocycles. The number of rotatable bonds is 2. The summed E-state index contributed by atoms with van der Waals surface area (Å²) < 4.78 is 1.89. The molecule has 0 saturated carbocycles. The molecule has 1 N–H and O–H groups in total. The van der Waals surface area contributed by atoms with E-state index in [0.717, 1.165) is 30.5 Å². The maximum atomic E-state index is 6.07. The Morgan fingerprint density at radius 3 is 2.86 bits per heavy atom. The maximum Gasteiger partial charge on any atom is 0.0817 e. The highest BCUT2D eigenvalue weighted by Crippen LogP contribution is 2.22. The minimum Gasteiger partial charge on any atom is -0.317 e. The summed E-state index contributed by atoms with van der Waals surface area (Å²) in [6.07, 6.45) is 5.30. The monoisotopic (exact) mass is 213 g/mol. The first-order valence-corrected chi connectivity index (χ1v) is 5.52. The van der Waals surface area contributed by atoms with Crippen molar-refractivity contribution in [3.05, 3.63) is 16.9 Å². The van der Waals surface area contributed by atoms with Crippen molar-refractivity contribution in [2.75, 3.05) is 13.1 Å². The lowest BCUT2D eigenvalue weighted by Gasteiger charge is -2.22. The Hall–Kier alpha value is -0.540. The molecule has 0 atom stereocenters. The fourth-order valence-corrected chi connectivity index (χ4v) is 2.27. The molecular formula is C10H16ClN3. The Bertz CT molecular complexity index is 283. The van der Waals surface area contributed by atoms with E-state index in [1.54, 1.807) is 6.20 Å². The summed E-state index contributed by atoms with van der Waals surface area (Å²) in [6, 6.07) is 0. The van der Waals surface area contributed by atoms with Gasteiger partial charge in [-0.15, -0.1) is 0 Å². The molecule has 0 spiro atoms. The van der Waals surface area contributed by atoms with E-state index >= 15 is 0 Å². The number of nitrogens with one attached hydrogen (secondary N) is 1. The van der Waals surface area contributed by atoms with Crippen LogP contribution in [0.1, 0.15) is 18.5 Å². The Balaban J connectivity index is 2.02. The Kier molecular flexibility index (Phi) is 3.08. The Morgan fingerprint density at radius 1 is 1.57 bits per heavy atom. The van der Waals surface area contributed by atoms with Gasteiger partial charge in [-0.25, -0.2) is 0 Å². The second-order valence-corrected chi connectivity index (χ2v) is 4.37. The molecule has 0 aliphatic carbocycles. The summed E-state index contributed by atoms with van der Waals surface area (Å²) in [7, 11) is 1.96. The van der Waals surface area contributed by atoms with Crippen molar-refractivity contribution in [1.29, 1.82) is 0 Å². The topological polar surface area (TPSA) is 29.9 Å². The van der Waals surface area contributed by atoms with E-state index < -0.39 is 0 Å². The lowest BCUT2D eigenvalue weighted by molar-refractivity contribution is 0.366. The standard InChI is InChI=1S/C10H16ClN3/c1-14-10(9(11)7-13-14)6-8-2-4-12-5-3-8/h7-8,12H,2-6H2,1H3. The quantitative estimate of drug-likeness (QED) is 0.809. The summed E-state index contributed by atoms with van der Waals surface area (Å²) >= 11 is 6.07. The van der Waals surface area contributed by atoms with Crippen LogP contribution in [0.25, 0.3) is 0 Å². The first kappa shape index (κ1) is 9.99. The molecular weight excluding hydrogens is 198 g/mol. The van der Waals surface area contributed by atoms with Crippen LogP contribution in [0.3, 0.4) is 0 Å². The van der Waals surface area contributed by atoms with Crippen LogP contribution in [0.15, 0.2) is 6.20 Å². The molecule has 0 bridgehead atoms. The van der Waals surface area contributed by atoms with Crippen LogP contribution >= 0.6 is 11.6 Å². The number of piperidine rings is 1. The van der Waals surface area contributed by atoms with Gasteiger partial charge in [-0.2, -0.15) is 5.10 Å². The van der Waals surface area contributed by atoms with Gasteiger partial charge >= 0.3 is 0 Å². The zero-order valence-corrected chi connectivity index (χ0v) is 9.22. The van der Waals surface area contributed by atoms with Gasteiger partial charge in [0.2, 0.25) is 0 Å². The average Bonchev–Trinajstić information content (AvgIpc) is 2.51. The second-order valence-electron chi connectivity index (χ2n) is 3.96. The molecule has 1 aliphatic rings. The fraction of sp³-hybridized carbons (Fsp3) is 0.700. The summed E-state index contributed by atoms with van der Waals surface area (Å²) in [5.74, 6) is 0.768. The molecule has 1 saturated heterocycles. The highest BCUT2D eigenvalue weighted by molar-refractivity contribution is 6.31. The van der Waals surface area contributed by atoms with Crippen LogP contribution in [-0.2, 0) is 13.5 Å². The summed E-state index contributed by atoms with van der Waals surface area (Å²) in [4.78, 5) is 0. The summed E-state index contributed by atoms with van der Waals surface area (Å²) in [5, 5.41) is 8.33. The van der Waals surface area contributed by atoms with Crippen LogP contribution < -0.4 is 5.32 Å². The van der Waals surface area contributed by atoms with Crippen LogP contribution in [0.4, 0.5) is 0 Å². The van der Waals surface area contributed by atoms with E-state index in [2.05, 4.69) is 10.4 Å². The third-order valence-corrected chi connectivity index (χ3v) is 3.27. The van der Waals surface area contributed by atoms with E-state index in [1.807, 2.05) is 11.7 Å². The SMILES string of the molecule is Cn1ncc(Cl)c1CC1CCNCC1. The normalized spacial score (nSPS) is 18.7. The number of aromatic nitrogens is 2. The Labute approximate surface area is 89.4 Å². The molecule has 2 heterocycles. The minimum atomic E-state index is 0.768. The predicted octanol–water partition coefficient (Wildman–Crippen LogP) is 1.62. The van der Waals surface area contributed by atoms with Crippen LogP contribution in [-0.4, -0.2) is 22.9 Å². The number of nitrogens with zero attached hydrogens (tertiary/aromatic N) is 2. The molecule has 4 heteroatoms. The van der Waals surface area contributed by atoms with Gasteiger partial charge in [0.25, 0.3) is 0 Å². The van der Waals surface area contributed by atoms with Gasteiger partial charge in [0, 0.05) is 7.05 Å². The van der Waals surface area contributed by atoms with Crippen molar-refractivity contribution in [2.45, 2.75) is 19.3 Å². The second kappa shape index (κ2) is 4.32. The van der Waals surface area contributed by atoms with Gasteiger partial charge in [-0.3, -0.25) is 4.68 Å². The van der Waals surface area contributed by atoms with Gasteiger partial charge < -0.3 is 5.32 Å². The molecule has 0 radical (unpaired) electrons. The largest absolute Gasteiger partial charge is 0.317 e. The highest BCUT2D eigenvalue weighted by Gasteiger charge is 2.17. The van der Waals surface area contributed by atoms with Crippen molar-refractivity contribution >= 4 is 11.6 Å². The summed E-state index contributed by atoms with van der Waals surface area (Å²) in [6.45, 7) is 2.28. The molecule has 1 aliphatic heterocycles. The molecule has 1 fully saturated rings. The van der Waals surface area contributed by atoms with Crippen LogP contribution in [0.2, 0.25) is 5.02 Å². The molecule has 3 nitrogen and oxygen atoms in total. The van der Waals surface area contributed by atoms with E-state index in [0.29, 0.717) is 0 Å². The third kappa shape index (κ3) is 2.10. The van der Waals surface area contributed by atoms with Crippen LogP contribution in [0, 0.1) is 5.92 Å². The average molecular weight is 214 g/mol. The molecule has 0 amide bonds. The van der Waals surface area contributed by atoms with E-state index in [-0.39, 0.29) is 0 Å². The van der Waals surface area contributed by atoms with Crippen LogP contribution in [0.5, 0.6) is 0 Å². The van der Waals surface area contributed by atoms with E-state index in [4.69, 9.17) is 11.6 Å². The van der Waals surface area contributed by atoms with Crippen molar-refractivity contribution in [2.24, 2.45) is 13.0 Å². The summed E-state index contributed by atoms with van der Waals surface area (Å²) in [5.41, 5.74) is 1.18. The smallest absolute Gasteiger partial charge is 0.0817 e. The molecule has 14 heavy (non-hydrogen) atoms. The van der Waals surface area contributed by atoms with Crippen molar-refractivity contribution in [3.63, 3.8) is 0 Å². The third-order valence-electron chi connectivity index (χ3n) is 2.95. The fourth-order valence-electron chi connectivity index (χ4n) is 2.02. The van der Waals surface area contributed by atoms with Gasteiger partial charge in [-0.05, 0) is 38.3 Å². The van der Waals surface area contributed by atoms with Crippen molar-refractivity contribution < 1.29 is 0 Å². The zero-order chi connectivity index (χ0) is 9.97. The minimum absolute atomic E-state index is 0.768. The first-order chi connectivity index (χ1) is 6.77. The number of hydrogen-bond donors (Lipinski definition) is 1. The number of halogens is 1. The van der Waals surface area contributed by atoms with Crippen molar-refractivity contribution in [3.8, 4) is 0 Å².